The van der Waals surface area contributed by atoms with E-state index in [1.54, 1.807) is 24.3 Å². The van der Waals surface area contributed by atoms with Gasteiger partial charge in [0.2, 0.25) is 23.6 Å². The van der Waals surface area contributed by atoms with Crippen LogP contribution in [0.5, 0.6) is 0 Å². The zero-order chi connectivity index (χ0) is 31.4. The van der Waals surface area contributed by atoms with Crippen LogP contribution in [0.25, 0.3) is 4.85 Å². The summed E-state index contributed by atoms with van der Waals surface area (Å²) in [6.07, 6.45) is -0.263. The second-order valence-corrected chi connectivity index (χ2v) is 11.1. The van der Waals surface area contributed by atoms with Crippen molar-refractivity contribution in [2.45, 2.75) is 85.0 Å². The van der Waals surface area contributed by atoms with Crippen molar-refractivity contribution in [3.8, 4) is 0 Å². The quantitative estimate of drug-likeness (QED) is 0.276. The summed E-state index contributed by atoms with van der Waals surface area (Å²) in [6, 6.07) is 3.85. The molecule has 1 aromatic carbocycles. The number of aliphatic hydroxyl groups excluding tert-OH is 1. The molecule has 0 aliphatic rings. The number of hydrogen-bond acceptors (Lipinski definition) is 6. The lowest BCUT2D eigenvalue weighted by atomic mass is 9.96. The van der Waals surface area contributed by atoms with E-state index in [0.29, 0.717) is 17.7 Å². The first kappa shape index (κ1) is 35.2. The lowest BCUT2D eigenvalue weighted by molar-refractivity contribution is -0.147. The topological polar surface area (TPSA) is 140 Å². The first-order valence-electron chi connectivity index (χ1n) is 13.9. The molecule has 5 atom stereocenters. The van der Waals surface area contributed by atoms with Gasteiger partial charge in [0.15, 0.2) is 11.5 Å². The molecule has 1 unspecified atom stereocenters. The lowest BCUT2D eigenvalue weighted by Gasteiger charge is -2.33. The highest BCUT2D eigenvalue weighted by molar-refractivity contribution is 5.94. The molecule has 4 amide bonds. The smallest absolute Gasteiger partial charge is 0.249 e. The molecule has 0 bridgehead atoms. The number of rotatable bonds is 15. The molecule has 11 heteroatoms. The highest BCUT2D eigenvalue weighted by atomic mass is 16.3. The number of Topliss-reactive ketones (excluding diaryl/α,β-unsaturated/α-hetero) is 1. The average molecular weight is 572 g/mol. The molecule has 0 aliphatic carbocycles. The van der Waals surface area contributed by atoms with E-state index in [-0.39, 0.29) is 37.0 Å². The number of amides is 4. The van der Waals surface area contributed by atoms with Crippen LogP contribution in [0.1, 0.15) is 59.9 Å². The summed E-state index contributed by atoms with van der Waals surface area (Å²) >= 11 is 0. The van der Waals surface area contributed by atoms with Gasteiger partial charge in [0.05, 0.1) is 19.2 Å². The summed E-state index contributed by atoms with van der Waals surface area (Å²) in [5.41, 5.74) is 1.11. The second kappa shape index (κ2) is 16.5. The number of nitrogens with one attached hydrogen (secondary N) is 2. The molecule has 0 saturated heterocycles. The van der Waals surface area contributed by atoms with Crippen molar-refractivity contribution in [3.63, 3.8) is 0 Å². The van der Waals surface area contributed by atoms with E-state index >= 15 is 0 Å². The summed E-state index contributed by atoms with van der Waals surface area (Å²) < 4.78 is 0. The van der Waals surface area contributed by atoms with Crippen molar-refractivity contribution >= 4 is 35.1 Å². The second-order valence-electron chi connectivity index (χ2n) is 11.1. The fourth-order valence-corrected chi connectivity index (χ4v) is 4.35. The highest BCUT2D eigenvalue weighted by Crippen LogP contribution is 2.17. The Bertz CT molecular complexity index is 1110. The Morgan fingerprint density at radius 1 is 0.976 bits per heavy atom. The van der Waals surface area contributed by atoms with Crippen LogP contribution in [-0.2, 0) is 30.4 Å². The SMILES string of the molecule is [C-]#[N+]c1ccc(C[C@H](C(=O)N(C)CC(=O)N[C@H](C(C)=O)C(C)CC)N(C)C(=O)[C@H](C)NC(=O)[C@H](O)CC(C)C)cc1. The molecule has 0 aliphatic heterocycles. The lowest BCUT2D eigenvalue weighted by Crippen LogP contribution is -2.56. The van der Waals surface area contributed by atoms with Crippen molar-refractivity contribution in [2.24, 2.45) is 11.8 Å². The number of hydrogen-bond donors (Lipinski definition) is 3. The molecule has 0 spiro atoms. The van der Waals surface area contributed by atoms with Gasteiger partial charge in [-0.1, -0.05) is 58.4 Å². The molecule has 0 saturated carbocycles. The molecule has 3 N–H and O–H groups in total. The fourth-order valence-electron chi connectivity index (χ4n) is 4.35. The van der Waals surface area contributed by atoms with E-state index in [1.807, 2.05) is 27.7 Å². The van der Waals surface area contributed by atoms with E-state index in [9.17, 15) is 29.1 Å². The van der Waals surface area contributed by atoms with E-state index in [1.165, 1.54) is 37.7 Å². The van der Waals surface area contributed by atoms with Gasteiger partial charge < -0.3 is 25.5 Å². The third-order valence-corrected chi connectivity index (χ3v) is 7.05. The largest absolute Gasteiger partial charge is 0.383 e. The number of carbonyl (C=O) groups is 5. The van der Waals surface area contributed by atoms with Gasteiger partial charge in [0, 0.05) is 20.5 Å². The molecular formula is C30H45N5O6. The van der Waals surface area contributed by atoms with Gasteiger partial charge in [-0.05, 0) is 37.7 Å². The Kier molecular flexibility index (Phi) is 14.2. The predicted molar refractivity (Wildman–Crippen MR) is 156 cm³/mol. The zero-order valence-corrected chi connectivity index (χ0v) is 25.4. The predicted octanol–water partition coefficient (Wildman–Crippen LogP) is 2.10. The highest BCUT2D eigenvalue weighted by Gasteiger charge is 2.34. The summed E-state index contributed by atoms with van der Waals surface area (Å²) in [4.78, 5) is 70.0. The molecule has 0 fully saturated rings. The van der Waals surface area contributed by atoms with Gasteiger partial charge in [0.1, 0.15) is 18.2 Å². The number of aliphatic hydroxyl groups is 1. The van der Waals surface area contributed by atoms with Gasteiger partial charge in [0.25, 0.3) is 0 Å². The number of nitrogens with zero attached hydrogens (tertiary/aromatic N) is 3. The van der Waals surface area contributed by atoms with Crippen LogP contribution in [0.2, 0.25) is 0 Å². The first-order chi connectivity index (χ1) is 19.1. The maximum atomic E-state index is 13.6. The molecule has 0 aromatic heterocycles. The van der Waals surface area contributed by atoms with Crippen LogP contribution in [0.15, 0.2) is 24.3 Å². The van der Waals surface area contributed by atoms with Gasteiger partial charge in [-0.2, -0.15) is 0 Å². The third kappa shape index (κ3) is 11.0. The van der Waals surface area contributed by atoms with Crippen molar-refractivity contribution in [3.05, 3.63) is 41.2 Å². The van der Waals surface area contributed by atoms with Crippen LogP contribution in [0.3, 0.4) is 0 Å². The average Bonchev–Trinajstić information content (AvgIpc) is 2.92. The minimum atomic E-state index is -1.27. The van der Waals surface area contributed by atoms with E-state index in [2.05, 4.69) is 15.5 Å². The molecule has 1 aromatic rings. The van der Waals surface area contributed by atoms with E-state index in [0.717, 1.165) is 0 Å². The molecule has 0 radical (unpaired) electrons. The molecule has 0 heterocycles. The Morgan fingerprint density at radius 3 is 2.05 bits per heavy atom. The van der Waals surface area contributed by atoms with Gasteiger partial charge in [-0.3, -0.25) is 24.0 Å². The Balaban J connectivity index is 3.16. The van der Waals surface area contributed by atoms with Crippen molar-refractivity contribution in [1.29, 1.82) is 0 Å². The van der Waals surface area contributed by atoms with Crippen LogP contribution in [0, 0.1) is 18.4 Å². The first-order valence-corrected chi connectivity index (χ1v) is 13.9. The number of benzene rings is 1. The molecule has 11 nitrogen and oxygen atoms in total. The van der Waals surface area contributed by atoms with Gasteiger partial charge in [-0.25, -0.2) is 4.85 Å². The molecular weight excluding hydrogens is 526 g/mol. The molecule has 41 heavy (non-hydrogen) atoms. The number of carbonyl (C=O) groups excluding carboxylic acids is 5. The van der Waals surface area contributed by atoms with Gasteiger partial charge in [-0.15, -0.1) is 0 Å². The zero-order valence-electron chi connectivity index (χ0n) is 25.4. The minimum Gasteiger partial charge on any atom is -0.383 e. The fraction of sp³-hybridized carbons (Fsp3) is 0.600. The summed E-state index contributed by atoms with van der Waals surface area (Å²) in [7, 11) is 2.88. The van der Waals surface area contributed by atoms with Crippen LogP contribution < -0.4 is 10.6 Å². The number of likely N-dealkylation sites (N-methyl/N-ethyl adjacent to an activating group) is 2. The summed E-state index contributed by atoms with van der Waals surface area (Å²) in [5, 5.41) is 15.3. The Morgan fingerprint density at radius 2 is 1.56 bits per heavy atom. The van der Waals surface area contributed by atoms with E-state index in [4.69, 9.17) is 6.57 Å². The summed E-state index contributed by atoms with van der Waals surface area (Å²) in [6.45, 7) is 17.2. The van der Waals surface area contributed by atoms with Gasteiger partial charge >= 0.3 is 0 Å². The monoisotopic (exact) mass is 571 g/mol. The van der Waals surface area contributed by atoms with Crippen molar-refractivity contribution in [1.82, 2.24) is 20.4 Å². The third-order valence-electron chi connectivity index (χ3n) is 7.05. The molecule has 226 valence electrons. The normalized spacial score (nSPS) is 14.6. The summed E-state index contributed by atoms with van der Waals surface area (Å²) in [5.74, 6) is -2.45. The van der Waals surface area contributed by atoms with E-state index < -0.39 is 47.9 Å². The Labute approximate surface area is 243 Å². The van der Waals surface area contributed by atoms with Crippen LogP contribution in [-0.4, -0.2) is 89.2 Å². The maximum Gasteiger partial charge on any atom is 0.249 e. The maximum absolute atomic E-state index is 13.6. The van der Waals surface area contributed by atoms with Crippen LogP contribution >= 0.6 is 0 Å². The van der Waals surface area contributed by atoms with Crippen molar-refractivity contribution in [2.75, 3.05) is 20.6 Å². The van der Waals surface area contributed by atoms with Crippen LogP contribution in [0.4, 0.5) is 5.69 Å². The Hall–Kier alpha value is -3.78. The number of ketones is 1. The minimum absolute atomic E-state index is 0.0734. The molecule has 1 rings (SSSR count). The van der Waals surface area contributed by atoms with Crippen molar-refractivity contribution < 1.29 is 29.1 Å². The standard InChI is InChI=1S/C30H45N5O6/c1-10-19(4)27(21(6)36)33-26(38)17-34(8)30(41)24(16-22-11-13-23(31-7)14-12-22)35(9)29(40)20(5)32-28(39)25(37)15-18(2)3/h11-14,18-20,24-25,27,37H,10,15-17H2,1-6,8-9H3,(H,32,39)(H,33,38)/t19?,20-,24+,25+,27-/m0/s1.